The monoisotopic (exact) mass is 811 g/mol. The number of hydrogen-bond donors (Lipinski definition) is 1. The molecule has 0 radical (unpaired) electrons. The number of phosphoric ester groups is 1. The topological polar surface area (TPSA) is 108 Å². The van der Waals surface area contributed by atoms with E-state index in [-0.39, 0.29) is 19.6 Å². The number of phosphoric acid groups is 1. The summed E-state index contributed by atoms with van der Waals surface area (Å²) in [7, 11) is 1.40. The fourth-order valence-electron chi connectivity index (χ4n) is 5.90. The van der Waals surface area contributed by atoms with Gasteiger partial charge in [-0.3, -0.25) is 13.8 Å². The number of unbranched alkanes of at least 4 members (excludes halogenated alkanes) is 21. The van der Waals surface area contributed by atoms with E-state index in [1.165, 1.54) is 128 Å². The minimum absolute atomic E-state index is 0.00900. The quantitative estimate of drug-likeness (QED) is 0.0124. The fraction of sp³-hybridized carbons (Fsp3) is 0.783. The fourth-order valence-corrected chi connectivity index (χ4v) is 6.64. The molecular formula is C46H85NO8P+. The van der Waals surface area contributed by atoms with Crippen molar-refractivity contribution in [1.29, 1.82) is 0 Å². The molecule has 56 heavy (non-hydrogen) atoms. The third-order valence-electron chi connectivity index (χ3n) is 9.44. The lowest BCUT2D eigenvalue weighted by Gasteiger charge is -2.24. The molecule has 0 aliphatic rings. The van der Waals surface area contributed by atoms with Crippen molar-refractivity contribution in [3.63, 3.8) is 0 Å². The van der Waals surface area contributed by atoms with Crippen LogP contribution in [-0.2, 0) is 32.7 Å². The Hall–Kier alpha value is -2.03. The summed E-state index contributed by atoms with van der Waals surface area (Å²) in [6.07, 6.45) is 45.2. The van der Waals surface area contributed by atoms with Gasteiger partial charge in [0.15, 0.2) is 6.10 Å². The van der Waals surface area contributed by atoms with Crippen LogP contribution in [0.3, 0.4) is 0 Å². The van der Waals surface area contributed by atoms with Crippen molar-refractivity contribution in [2.45, 2.75) is 187 Å². The molecule has 1 N–H and O–H groups in total. The van der Waals surface area contributed by atoms with Gasteiger partial charge in [0, 0.05) is 12.5 Å². The average molecular weight is 811 g/mol. The van der Waals surface area contributed by atoms with Crippen LogP contribution in [0.4, 0.5) is 0 Å². The lowest BCUT2D eigenvalue weighted by molar-refractivity contribution is -0.870. The number of allylic oxidation sites excluding steroid dienone is 7. The summed E-state index contributed by atoms with van der Waals surface area (Å²) < 4.78 is 34.0. The van der Waals surface area contributed by atoms with Crippen molar-refractivity contribution >= 4 is 19.8 Å². The third kappa shape index (κ3) is 41.6. The van der Waals surface area contributed by atoms with Crippen LogP contribution >= 0.6 is 7.82 Å². The number of hydrogen-bond acceptors (Lipinski definition) is 7. The highest BCUT2D eigenvalue weighted by molar-refractivity contribution is 7.47. The van der Waals surface area contributed by atoms with Gasteiger partial charge in [-0.05, 0) is 44.9 Å². The number of esters is 2. The molecule has 9 nitrogen and oxygen atoms in total. The van der Waals surface area contributed by atoms with E-state index >= 15 is 0 Å². The van der Waals surface area contributed by atoms with E-state index in [9.17, 15) is 19.0 Å². The molecule has 0 aromatic rings. The highest BCUT2D eigenvalue weighted by atomic mass is 31.2. The van der Waals surface area contributed by atoms with Gasteiger partial charge in [-0.15, -0.1) is 0 Å². The normalized spacial score (nSPS) is 14.0. The van der Waals surface area contributed by atoms with E-state index in [0.29, 0.717) is 17.4 Å². The van der Waals surface area contributed by atoms with E-state index in [0.717, 1.165) is 32.1 Å². The molecule has 0 aromatic heterocycles. The molecule has 0 saturated heterocycles. The smallest absolute Gasteiger partial charge is 0.462 e. The molecule has 2 atom stereocenters. The molecule has 0 bridgehead atoms. The minimum Gasteiger partial charge on any atom is -0.462 e. The van der Waals surface area contributed by atoms with Crippen LogP contribution in [0.25, 0.3) is 0 Å². The molecule has 1 unspecified atom stereocenters. The molecule has 0 aromatic carbocycles. The Kier molecular flexibility index (Phi) is 37.1. The first kappa shape index (κ1) is 54.0. The van der Waals surface area contributed by atoms with E-state index < -0.39 is 32.5 Å². The van der Waals surface area contributed by atoms with Crippen molar-refractivity contribution in [2.24, 2.45) is 0 Å². The number of rotatable bonds is 40. The van der Waals surface area contributed by atoms with Gasteiger partial charge in [0.25, 0.3) is 0 Å². The molecule has 326 valence electrons. The van der Waals surface area contributed by atoms with Crippen molar-refractivity contribution in [2.75, 3.05) is 47.5 Å². The maximum absolute atomic E-state index is 12.6. The SMILES string of the molecule is CCCCCCCCCCC/C=C/C/C=C/CCCC(=O)OC[C@H](COP(=O)(O)OCC[N+](C)(C)C)OC(=O)/C=C/C=C/CCCCCCCCCCCCC. The Bertz CT molecular complexity index is 1100. The van der Waals surface area contributed by atoms with Gasteiger partial charge < -0.3 is 18.9 Å². The summed E-state index contributed by atoms with van der Waals surface area (Å²) in [5.41, 5.74) is 0. The third-order valence-corrected chi connectivity index (χ3v) is 10.4. The molecule has 10 heteroatoms. The van der Waals surface area contributed by atoms with E-state index in [1.807, 2.05) is 33.3 Å². The minimum atomic E-state index is -4.41. The number of nitrogens with zero attached hydrogens (tertiary/aromatic N) is 1. The second kappa shape index (κ2) is 38.5. The van der Waals surface area contributed by atoms with Gasteiger partial charge in [0.1, 0.15) is 19.8 Å². The van der Waals surface area contributed by atoms with Gasteiger partial charge in [0.2, 0.25) is 0 Å². The van der Waals surface area contributed by atoms with E-state index in [4.69, 9.17) is 18.5 Å². The van der Waals surface area contributed by atoms with E-state index in [2.05, 4.69) is 38.2 Å². The number of ether oxygens (including phenoxy) is 2. The second-order valence-electron chi connectivity index (χ2n) is 16.2. The molecule has 0 aliphatic carbocycles. The number of quaternary nitrogens is 1. The summed E-state index contributed by atoms with van der Waals surface area (Å²) in [6.45, 7) is 4.25. The van der Waals surface area contributed by atoms with Gasteiger partial charge in [-0.25, -0.2) is 9.36 Å². The molecule has 0 rings (SSSR count). The van der Waals surface area contributed by atoms with Crippen molar-refractivity contribution in [3.8, 4) is 0 Å². The molecule has 0 fully saturated rings. The maximum atomic E-state index is 12.6. The highest BCUT2D eigenvalue weighted by Crippen LogP contribution is 2.43. The lowest BCUT2D eigenvalue weighted by atomic mass is 10.1. The first-order valence-corrected chi connectivity index (χ1v) is 23.9. The molecule has 0 amide bonds. The van der Waals surface area contributed by atoms with Gasteiger partial charge in [0.05, 0.1) is 27.7 Å². The summed E-state index contributed by atoms with van der Waals surface area (Å²) in [5, 5.41) is 0. The Morgan fingerprint density at radius 1 is 0.607 bits per heavy atom. The maximum Gasteiger partial charge on any atom is 0.472 e. The van der Waals surface area contributed by atoms with Crippen LogP contribution in [0.15, 0.2) is 48.6 Å². The predicted octanol–water partition coefficient (Wildman–Crippen LogP) is 12.7. The van der Waals surface area contributed by atoms with Crippen LogP contribution in [0.1, 0.15) is 181 Å². The summed E-state index contributed by atoms with van der Waals surface area (Å²) in [5.74, 6) is -1.10. The first-order valence-electron chi connectivity index (χ1n) is 22.4. The first-order chi connectivity index (χ1) is 27.0. The van der Waals surface area contributed by atoms with Crippen molar-refractivity contribution in [3.05, 3.63) is 48.6 Å². The van der Waals surface area contributed by atoms with Crippen LogP contribution in [0.5, 0.6) is 0 Å². The van der Waals surface area contributed by atoms with E-state index in [1.54, 1.807) is 6.08 Å². The standard InChI is InChI=1S/C46H84NO8P/c1-6-8-10-12-14-16-18-20-22-23-25-26-28-30-32-34-36-38-45(48)52-42-44(43-54-56(50,51)53-41-40-47(3,4)5)55-46(49)39-37-35-33-31-29-27-24-21-19-17-15-13-11-9-7-2/h25-26,30,32-33,35,37,39,44H,6-24,27-29,31,34,36,38,40-43H2,1-5H3/p+1/b26-25+,32-30+,35-33+,39-37+/t44-/m1/s1. The molecular weight excluding hydrogens is 725 g/mol. The predicted molar refractivity (Wildman–Crippen MR) is 233 cm³/mol. The molecule has 0 saturated carbocycles. The Balaban J connectivity index is 4.51. The van der Waals surface area contributed by atoms with Crippen LogP contribution in [-0.4, -0.2) is 74.9 Å². The number of likely N-dealkylation sites (N-methyl/N-ethyl adjacent to an activating group) is 1. The van der Waals surface area contributed by atoms with Gasteiger partial charge >= 0.3 is 19.8 Å². The summed E-state index contributed by atoms with van der Waals surface area (Å²) in [6, 6.07) is 0. The lowest BCUT2D eigenvalue weighted by Crippen LogP contribution is -2.37. The number of carbonyl (C=O) groups excluding carboxylic acids is 2. The summed E-state index contributed by atoms with van der Waals surface area (Å²) in [4.78, 5) is 35.2. The van der Waals surface area contributed by atoms with Crippen LogP contribution in [0.2, 0.25) is 0 Å². The zero-order valence-corrected chi connectivity index (χ0v) is 37.5. The Morgan fingerprint density at radius 2 is 1.09 bits per heavy atom. The molecule has 0 spiro atoms. The van der Waals surface area contributed by atoms with Gasteiger partial charge in [-0.2, -0.15) is 0 Å². The Labute approximate surface area is 343 Å². The van der Waals surface area contributed by atoms with Crippen LogP contribution in [0, 0.1) is 0 Å². The van der Waals surface area contributed by atoms with Crippen molar-refractivity contribution in [1.82, 2.24) is 0 Å². The molecule has 0 aliphatic heterocycles. The summed E-state index contributed by atoms with van der Waals surface area (Å²) >= 11 is 0. The largest absolute Gasteiger partial charge is 0.472 e. The average Bonchev–Trinajstić information content (AvgIpc) is 3.15. The molecule has 0 heterocycles. The zero-order valence-electron chi connectivity index (χ0n) is 36.6. The van der Waals surface area contributed by atoms with Gasteiger partial charge in [-0.1, -0.05) is 172 Å². The highest BCUT2D eigenvalue weighted by Gasteiger charge is 2.26. The van der Waals surface area contributed by atoms with Crippen LogP contribution < -0.4 is 0 Å². The second-order valence-corrected chi connectivity index (χ2v) is 17.6. The zero-order chi connectivity index (χ0) is 41.4. The van der Waals surface area contributed by atoms with Crippen molar-refractivity contribution < 1.29 is 42.1 Å². The number of carbonyl (C=O) groups is 2. The Morgan fingerprint density at radius 3 is 1.61 bits per heavy atom.